The van der Waals surface area contributed by atoms with E-state index in [-0.39, 0.29) is 6.61 Å². The molecular weight excluding hydrogens is 102 g/mol. The Morgan fingerprint density at radius 2 is 2.25 bits per heavy atom. The number of nitrogens with one attached hydrogen (secondary N) is 1. The summed E-state index contributed by atoms with van der Waals surface area (Å²) in [4.78, 5) is 0. The van der Waals surface area contributed by atoms with Gasteiger partial charge < -0.3 is 10.4 Å². The van der Waals surface area contributed by atoms with Crippen molar-refractivity contribution in [3.8, 4) is 0 Å². The largest absolute Gasteiger partial charge is 0.392 e. The fourth-order valence-electron chi connectivity index (χ4n) is 0.420. The van der Waals surface area contributed by atoms with Crippen LogP contribution in [0.1, 0.15) is 6.42 Å². The van der Waals surface area contributed by atoms with Crippen molar-refractivity contribution in [3.05, 3.63) is 12.2 Å². The van der Waals surface area contributed by atoms with Crippen LogP contribution in [0, 0.1) is 0 Å². The predicted octanol–water partition coefficient (Wildman–Crippen LogP) is 0.144. The van der Waals surface area contributed by atoms with E-state index in [1.165, 1.54) is 0 Å². The molecule has 0 saturated heterocycles. The van der Waals surface area contributed by atoms with E-state index < -0.39 is 0 Å². The van der Waals surface area contributed by atoms with Gasteiger partial charge in [-0.1, -0.05) is 12.2 Å². The number of rotatable bonds is 4. The number of aliphatic hydroxyl groups excluding tert-OH is 1. The molecule has 0 spiro atoms. The Bertz CT molecular complexity index is 61.5. The Morgan fingerprint density at radius 3 is 2.75 bits per heavy atom. The summed E-state index contributed by atoms with van der Waals surface area (Å²) in [5, 5.41) is 11.3. The number of hydrogen-bond donors (Lipinski definition) is 2. The van der Waals surface area contributed by atoms with Crippen LogP contribution in [0.3, 0.4) is 0 Å². The molecule has 0 aliphatic rings. The second-order valence-corrected chi connectivity index (χ2v) is 1.55. The molecular formula is C6H13NO. The van der Waals surface area contributed by atoms with E-state index in [1.54, 1.807) is 6.08 Å². The normalized spacial score (nSPS) is 10.8. The maximum Gasteiger partial charge on any atom is 0.0612 e. The van der Waals surface area contributed by atoms with Gasteiger partial charge in [-0.25, -0.2) is 0 Å². The van der Waals surface area contributed by atoms with Gasteiger partial charge in [-0.2, -0.15) is 0 Å². The second-order valence-electron chi connectivity index (χ2n) is 1.55. The van der Waals surface area contributed by atoms with Gasteiger partial charge in [-0.15, -0.1) is 0 Å². The van der Waals surface area contributed by atoms with Gasteiger partial charge in [0.1, 0.15) is 0 Å². The lowest BCUT2D eigenvalue weighted by atomic mass is 10.4. The lowest BCUT2D eigenvalue weighted by Crippen LogP contribution is -2.05. The van der Waals surface area contributed by atoms with Crippen molar-refractivity contribution >= 4 is 0 Å². The minimum Gasteiger partial charge on any atom is -0.392 e. The van der Waals surface area contributed by atoms with Gasteiger partial charge in [-0.05, 0) is 20.0 Å². The van der Waals surface area contributed by atoms with Crippen molar-refractivity contribution in [2.45, 2.75) is 6.42 Å². The lowest BCUT2D eigenvalue weighted by Gasteiger charge is -1.88. The molecule has 0 aromatic carbocycles. The van der Waals surface area contributed by atoms with Crippen LogP contribution in [-0.4, -0.2) is 25.3 Å². The molecule has 8 heavy (non-hydrogen) atoms. The van der Waals surface area contributed by atoms with Crippen LogP contribution < -0.4 is 5.32 Å². The average Bonchev–Trinajstić information content (AvgIpc) is 1.81. The summed E-state index contributed by atoms with van der Waals surface area (Å²) in [5.74, 6) is 0. The van der Waals surface area contributed by atoms with Crippen molar-refractivity contribution in [2.75, 3.05) is 20.2 Å². The molecule has 0 radical (unpaired) electrons. The zero-order valence-corrected chi connectivity index (χ0v) is 5.22. The fraction of sp³-hybridized carbons (Fsp3) is 0.667. The highest BCUT2D eigenvalue weighted by molar-refractivity contribution is 4.80. The first kappa shape index (κ1) is 7.66. The summed E-state index contributed by atoms with van der Waals surface area (Å²) in [5.41, 5.74) is 0. The minimum absolute atomic E-state index is 0.156. The summed E-state index contributed by atoms with van der Waals surface area (Å²) in [6.07, 6.45) is 4.70. The summed E-state index contributed by atoms with van der Waals surface area (Å²) >= 11 is 0. The van der Waals surface area contributed by atoms with E-state index in [0.29, 0.717) is 0 Å². The highest BCUT2D eigenvalue weighted by Crippen LogP contribution is 1.77. The van der Waals surface area contributed by atoms with E-state index in [4.69, 9.17) is 5.11 Å². The average molecular weight is 115 g/mol. The number of aliphatic hydroxyl groups is 1. The third kappa shape index (κ3) is 5.66. The van der Waals surface area contributed by atoms with Crippen molar-refractivity contribution in [2.24, 2.45) is 0 Å². The minimum atomic E-state index is 0.156. The van der Waals surface area contributed by atoms with Gasteiger partial charge in [0, 0.05) is 0 Å². The van der Waals surface area contributed by atoms with E-state index in [2.05, 4.69) is 5.32 Å². The Kier molecular flexibility index (Phi) is 6.38. The van der Waals surface area contributed by atoms with Gasteiger partial charge in [-0.3, -0.25) is 0 Å². The van der Waals surface area contributed by atoms with Crippen LogP contribution in [0.4, 0.5) is 0 Å². The predicted molar refractivity (Wildman–Crippen MR) is 34.8 cm³/mol. The summed E-state index contributed by atoms with van der Waals surface area (Å²) in [6, 6.07) is 0. The van der Waals surface area contributed by atoms with Crippen LogP contribution in [0.15, 0.2) is 12.2 Å². The quantitative estimate of drug-likeness (QED) is 0.403. The summed E-state index contributed by atoms with van der Waals surface area (Å²) in [7, 11) is 1.91. The molecule has 0 heterocycles. The monoisotopic (exact) mass is 115 g/mol. The summed E-state index contributed by atoms with van der Waals surface area (Å²) in [6.45, 7) is 1.14. The molecule has 2 heteroatoms. The van der Waals surface area contributed by atoms with E-state index in [0.717, 1.165) is 13.0 Å². The third-order valence-corrected chi connectivity index (χ3v) is 0.833. The SMILES string of the molecule is CNCC/C=C\CO. The first-order valence-electron chi connectivity index (χ1n) is 2.82. The molecule has 2 N–H and O–H groups in total. The lowest BCUT2D eigenvalue weighted by molar-refractivity contribution is 0.342. The highest BCUT2D eigenvalue weighted by atomic mass is 16.2. The van der Waals surface area contributed by atoms with E-state index in [9.17, 15) is 0 Å². The second kappa shape index (κ2) is 6.66. The van der Waals surface area contributed by atoms with Crippen LogP contribution in [-0.2, 0) is 0 Å². The van der Waals surface area contributed by atoms with Gasteiger partial charge in [0.2, 0.25) is 0 Å². The highest BCUT2D eigenvalue weighted by Gasteiger charge is 1.73. The Labute approximate surface area is 50.2 Å². The zero-order chi connectivity index (χ0) is 6.24. The zero-order valence-electron chi connectivity index (χ0n) is 5.22. The maximum atomic E-state index is 8.26. The van der Waals surface area contributed by atoms with Gasteiger partial charge in [0.15, 0.2) is 0 Å². The molecule has 0 fully saturated rings. The Hall–Kier alpha value is -0.340. The first-order valence-corrected chi connectivity index (χ1v) is 2.82. The summed E-state index contributed by atoms with van der Waals surface area (Å²) < 4.78 is 0. The Balaban J connectivity index is 2.80. The molecule has 0 aliphatic heterocycles. The van der Waals surface area contributed by atoms with Crippen molar-refractivity contribution < 1.29 is 5.11 Å². The maximum absolute atomic E-state index is 8.26. The molecule has 0 aliphatic carbocycles. The molecule has 0 saturated carbocycles. The van der Waals surface area contributed by atoms with Crippen LogP contribution in [0.25, 0.3) is 0 Å². The molecule has 2 nitrogen and oxygen atoms in total. The molecule has 0 bridgehead atoms. The van der Waals surface area contributed by atoms with Crippen LogP contribution >= 0.6 is 0 Å². The van der Waals surface area contributed by atoms with Crippen LogP contribution in [0.5, 0.6) is 0 Å². The van der Waals surface area contributed by atoms with E-state index in [1.807, 2.05) is 13.1 Å². The van der Waals surface area contributed by atoms with Crippen molar-refractivity contribution in [3.63, 3.8) is 0 Å². The van der Waals surface area contributed by atoms with Crippen molar-refractivity contribution in [1.82, 2.24) is 5.32 Å². The molecule has 0 unspecified atom stereocenters. The van der Waals surface area contributed by atoms with Crippen LogP contribution in [0.2, 0.25) is 0 Å². The Morgan fingerprint density at radius 1 is 1.50 bits per heavy atom. The third-order valence-electron chi connectivity index (χ3n) is 0.833. The molecule has 0 rings (SSSR count). The van der Waals surface area contributed by atoms with Gasteiger partial charge in [0.25, 0.3) is 0 Å². The number of hydrogen-bond acceptors (Lipinski definition) is 2. The fourth-order valence-corrected chi connectivity index (χ4v) is 0.420. The smallest absolute Gasteiger partial charge is 0.0612 e. The molecule has 0 atom stereocenters. The van der Waals surface area contributed by atoms with E-state index >= 15 is 0 Å². The topological polar surface area (TPSA) is 32.3 Å². The molecule has 0 aromatic heterocycles. The van der Waals surface area contributed by atoms with Gasteiger partial charge >= 0.3 is 0 Å². The van der Waals surface area contributed by atoms with Crippen molar-refractivity contribution in [1.29, 1.82) is 0 Å². The standard InChI is InChI=1S/C6H13NO/c1-7-5-3-2-4-6-8/h2,4,7-8H,3,5-6H2,1H3/b4-2-. The van der Waals surface area contributed by atoms with Gasteiger partial charge in [0.05, 0.1) is 6.61 Å². The molecule has 0 amide bonds. The molecule has 0 aromatic rings. The first-order chi connectivity index (χ1) is 3.91. The molecule has 48 valence electrons.